The molecule has 0 aliphatic heterocycles. The number of benzene rings is 2. The summed E-state index contributed by atoms with van der Waals surface area (Å²) >= 11 is 0. The molecule has 4 N–H and O–H groups in total. The predicted octanol–water partition coefficient (Wildman–Crippen LogP) is 3.34. The molecule has 2 aromatic rings. The number of rotatable bonds is 9. The van der Waals surface area contributed by atoms with Gasteiger partial charge in [0.15, 0.2) is 0 Å². The zero-order chi connectivity index (χ0) is 22.8. The average molecular weight is 418 g/mol. The highest BCUT2D eigenvalue weighted by molar-refractivity contribution is 5.70. The topological polar surface area (TPSA) is 149 Å². The third-order valence-electron chi connectivity index (χ3n) is 3.43. The molecule has 0 unspecified atom stereocenters. The fraction of sp³-hybridized carbons (Fsp3) is 0.273. The van der Waals surface area contributed by atoms with Crippen molar-refractivity contribution >= 4 is 23.9 Å². The second-order valence-electron chi connectivity index (χ2n) is 6.11. The molecule has 0 heterocycles. The Kier molecular flexibility index (Phi) is 14.3. The first-order chi connectivity index (χ1) is 14.2. The van der Waals surface area contributed by atoms with Crippen LogP contribution >= 0.6 is 0 Å². The van der Waals surface area contributed by atoms with Crippen molar-refractivity contribution in [3.8, 4) is 0 Å². The van der Waals surface area contributed by atoms with Gasteiger partial charge in [-0.05, 0) is 24.0 Å². The monoisotopic (exact) mass is 418 g/mol. The number of aliphatic carboxylic acids is 4. The molecule has 0 aliphatic carbocycles. The van der Waals surface area contributed by atoms with E-state index in [4.69, 9.17) is 20.4 Å². The van der Waals surface area contributed by atoms with Gasteiger partial charge in [-0.15, -0.1) is 0 Å². The minimum absolute atomic E-state index is 0.0628. The molecule has 8 nitrogen and oxygen atoms in total. The summed E-state index contributed by atoms with van der Waals surface area (Å²) in [6.45, 7) is 0. The molecule has 8 heteroatoms. The second kappa shape index (κ2) is 16.3. The van der Waals surface area contributed by atoms with E-state index in [1.54, 1.807) is 24.3 Å². The Labute approximate surface area is 174 Å². The fourth-order valence-electron chi connectivity index (χ4n) is 2.09. The van der Waals surface area contributed by atoms with Crippen LogP contribution in [-0.2, 0) is 32.0 Å². The van der Waals surface area contributed by atoms with Gasteiger partial charge in [-0.3, -0.25) is 19.2 Å². The summed E-state index contributed by atoms with van der Waals surface area (Å²) in [6.07, 6.45) is 1.24. The SMILES string of the molecule is O=C(O)CCCCC(=O)O.O=C(O)Cc1ccccc1.O=C(O)Cc1ccccc1. The minimum Gasteiger partial charge on any atom is -0.481 e. The minimum atomic E-state index is -0.870. The van der Waals surface area contributed by atoms with Crippen LogP contribution in [0.5, 0.6) is 0 Å². The quantitative estimate of drug-likeness (QED) is 0.453. The van der Waals surface area contributed by atoms with Crippen molar-refractivity contribution in [2.45, 2.75) is 38.5 Å². The highest BCUT2D eigenvalue weighted by atomic mass is 16.4. The zero-order valence-corrected chi connectivity index (χ0v) is 16.4. The summed E-state index contributed by atoms with van der Waals surface area (Å²) in [4.78, 5) is 40.1. The molecule has 0 aromatic heterocycles. The third kappa shape index (κ3) is 17.7. The van der Waals surface area contributed by atoms with Crippen molar-refractivity contribution in [3.05, 3.63) is 71.8 Å². The average Bonchev–Trinajstić information content (AvgIpc) is 2.67. The molecule has 0 aliphatic rings. The standard InChI is InChI=1S/2C8H8O2.C6H10O4/c2*9-8(10)6-7-4-2-1-3-5-7;7-5(8)3-1-2-4-6(9)10/h2*1-5H,6H2,(H,9,10);1-4H2,(H,7,8)(H,9,10). The van der Waals surface area contributed by atoms with E-state index in [1.807, 2.05) is 36.4 Å². The van der Waals surface area contributed by atoms with Crippen molar-refractivity contribution in [2.75, 3.05) is 0 Å². The Morgan fingerprint density at radius 1 is 0.500 bits per heavy atom. The van der Waals surface area contributed by atoms with E-state index in [0.717, 1.165) is 11.1 Å². The fourth-order valence-corrected chi connectivity index (χ4v) is 2.09. The van der Waals surface area contributed by atoms with Crippen LogP contribution in [-0.4, -0.2) is 44.3 Å². The van der Waals surface area contributed by atoms with E-state index in [-0.39, 0.29) is 25.7 Å². The number of carboxylic acids is 4. The summed E-state index contributed by atoms with van der Waals surface area (Å²) in [5, 5.41) is 33.0. The van der Waals surface area contributed by atoms with Crippen LogP contribution in [0.2, 0.25) is 0 Å². The van der Waals surface area contributed by atoms with Gasteiger partial charge < -0.3 is 20.4 Å². The molecular weight excluding hydrogens is 392 g/mol. The van der Waals surface area contributed by atoms with Gasteiger partial charge in [0.2, 0.25) is 0 Å². The molecule has 0 amide bonds. The van der Waals surface area contributed by atoms with Crippen LogP contribution < -0.4 is 0 Å². The van der Waals surface area contributed by atoms with Crippen LogP contribution in [0.25, 0.3) is 0 Å². The molecule has 30 heavy (non-hydrogen) atoms. The maximum atomic E-state index is 10.2. The normalized spacial score (nSPS) is 9.20. The van der Waals surface area contributed by atoms with Gasteiger partial charge in [0, 0.05) is 12.8 Å². The molecule has 0 atom stereocenters. The van der Waals surface area contributed by atoms with Crippen LogP contribution in [0.1, 0.15) is 36.8 Å². The van der Waals surface area contributed by atoms with E-state index in [2.05, 4.69) is 0 Å². The number of hydrogen-bond donors (Lipinski definition) is 4. The maximum Gasteiger partial charge on any atom is 0.307 e. The van der Waals surface area contributed by atoms with E-state index in [1.165, 1.54) is 0 Å². The van der Waals surface area contributed by atoms with Gasteiger partial charge >= 0.3 is 23.9 Å². The summed E-state index contributed by atoms with van der Waals surface area (Å²) in [7, 11) is 0. The summed E-state index contributed by atoms with van der Waals surface area (Å²) in [6, 6.07) is 18.3. The van der Waals surface area contributed by atoms with Crippen LogP contribution in [0.15, 0.2) is 60.7 Å². The lowest BCUT2D eigenvalue weighted by molar-refractivity contribution is -0.139. The predicted molar refractivity (Wildman–Crippen MR) is 109 cm³/mol. The molecule has 0 fully saturated rings. The van der Waals surface area contributed by atoms with Crippen molar-refractivity contribution < 1.29 is 39.6 Å². The lowest BCUT2D eigenvalue weighted by Crippen LogP contribution is -1.98. The van der Waals surface area contributed by atoms with Crippen LogP contribution in [0.4, 0.5) is 0 Å². The smallest absolute Gasteiger partial charge is 0.307 e. The number of unbranched alkanes of at least 4 members (excludes halogenated alkanes) is 1. The highest BCUT2D eigenvalue weighted by Gasteiger charge is 1.99. The van der Waals surface area contributed by atoms with Gasteiger partial charge in [-0.25, -0.2) is 0 Å². The van der Waals surface area contributed by atoms with Gasteiger partial charge in [0.25, 0.3) is 0 Å². The number of carboxylic acid groups (broad SMARTS) is 4. The van der Waals surface area contributed by atoms with Gasteiger partial charge in [-0.2, -0.15) is 0 Å². The van der Waals surface area contributed by atoms with Crippen molar-refractivity contribution in [1.29, 1.82) is 0 Å². The van der Waals surface area contributed by atoms with Gasteiger partial charge in [-0.1, -0.05) is 60.7 Å². The Balaban J connectivity index is 0.000000420. The third-order valence-corrected chi connectivity index (χ3v) is 3.43. The van der Waals surface area contributed by atoms with Crippen LogP contribution in [0, 0.1) is 0 Å². The molecule has 2 aromatic carbocycles. The lowest BCUT2D eigenvalue weighted by Gasteiger charge is -1.92. The number of carbonyl (C=O) groups is 4. The molecular formula is C22H26O8. The van der Waals surface area contributed by atoms with Crippen molar-refractivity contribution in [2.24, 2.45) is 0 Å². The molecule has 162 valence electrons. The van der Waals surface area contributed by atoms with Gasteiger partial charge in [0.1, 0.15) is 0 Å². The molecule has 2 rings (SSSR count). The van der Waals surface area contributed by atoms with Crippen molar-refractivity contribution in [3.63, 3.8) is 0 Å². The first kappa shape index (κ1) is 26.3. The molecule has 0 spiro atoms. The Hall–Kier alpha value is -3.68. The first-order valence-corrected chi connectivity index (χ1v) is 9.15. The van der Waals surface area contributed by atoms with Gasteiger partial charge in [0.05, 0.1) is 12.8 Å². The van der Waals surface area contributed by atoms with E-state index >= 15 is 0 Å². The van der Waals surface area contributed by atoms with Crippen molar-refractivity contribution in [1.82, 2.24) is 0 Å². The Bertz CT molecular complexity index is 705. The summed E-state index contributed by atoms with van der Waals surface area (Å²) in [5.74, 6) is -3.31. The second-order valence-corrected chi connectivity index (χ2v) is 6.11. The van der Waals surface area contributed by atoms with E-state index in [9.17, 15) is 19.2 Å². The molecule has 0 saturated heterocycles. The van der Waals surface area contributed by atoms with E-state index in [0.29, 0.717) is 12.8 Å². The highest BCUT2D eigenvalue weighted by Crippen LogP contribution is 2.00. The maximum absolute atomic E-state index is 10.2. The largest absolute Gasteiger partial charge is 0.481 e. The molecule has 0 bridgehead atoms. The lowest BCUT2D eigenvalue weighted by atomic mass is 10.2. The Morgan fingerprint density at radius 2 is 0.800 bits per heavy atom. The summed E-state index contributed by atoms with van der Waals surface area (Å²) in [5.41, 5.74) is 1.69. The molecule has 0 saturated carbocycles. The van der Waals surface area contributed by atoms with Crippen LogP contribution in [0.3, 0.4) is 0 Å². The Morgan fingerprint density at radius 3 is 1.03 bits per heavy atom. The van der Waals surface area contributed by atoms with E-state index < -0.39 is 23.9 Å². The zero-order valence-electron chi connectivity index (χ0n) is 16.4. The first-order valence-electron chi connectivity index (χ1n) is 9.15. The molecule has 0 radical (unpaired) electrons. The number of hydrogen-bond acceptors (Lipinski definition) is 4. The summed E-state index contributed by atoms with van der Waals surface area (Å²) < 4.78 is 0.